The number of aromatic nitrogens is 2. The van der Waals surface area contributed by atoms with Gasteiger partial charge in [-0.3, -0.25) is 19.6 Å². The largest absolute Gasteiger partial charge is 0.333 e. The Morgan fingerprint density at radius 2 is 2.09 bits per heavy atom. The first kappa shape index (κ1) is 21.6. The first-order chi connectivity index (χ1) is 15.4. The maximum absolute atomic E-state index is 14.6. The highest BCUT2D eigenvalue weighted by Crippen LogP contribution is 2.24. The highest BCUT2D eigenvalue weighted by atomic mass is 19.1. The van der Waals surface area contributed by atoms with Gasteiger partial charge in [0.05, 0.1) is 11.9 Å². The number of hydrogen-bond acceptors (Lipinski definition) is 5. The summed E-state index contributed by atoms with van der Waals surface area (Å²) in [6, 6.07) is 10.1. The number of benzene rings is 1. The lowest BCUT2D eigenvalue weighted by atomic mass is 9.92. The molecule has 0 saturated carbocycles. The molecule has 164 valence electrons. The Kier molecular flexibility index (Phi) is 6.23. The number of nitrogens with one attached hydrogen (secondary N) is 1. The van der Waals surface area contributed by atoms with Crippen molar-refractivity contribution >= 4 is 17.5 Å². The van der Waals surface area contributed by atoms with Crippen molar-refractivity contribution in [2.75, 3.05) is 12.4 Å². The number of hydrogen-bond donors (Lipinski definition) is 2. The van der Waals surface area contributed by atoms with E-state index in [2.05, 4.69) is 15.3 Å². The predicted octanol–water partition coefficient (Wildman–Crippen LogP) is 2.70. The quantitative estimate of drug-likeness (QED) is 0.616. The zero-order valence-electron chi connectivity index (χ0n) is 17.7. The van der Waals surface area contributed by atoms with Crippen molar-refractivity contribution in [1.82, 2.24) is 14.9 Å². The summed E-state index contributed by atoms with van der Waals surface area (Å²) < 4.78 is 14.6. The molecule has 7 nitrogen and oxygen atoms in total. The van der Waals surface area contributed by atoms with E-state index in [-0.39, 0.29) is 12.6 Å². The fraction of sp³-hybridized carbons (Fsp3) is 0.250. The van der Waals surface area contributed by atoms with Gasteiger partial charge in [0, 0.05) is 48.8 Å². The Balaban J connectivity index is 1.40. The maximum atomic E-state index is 14.6. The van der Waals surface area contributed by atoms with Crippen molar-refractivity contribution in [2.24, 2.45) is 5.73 Å². The number of aryl methyl sites for hydroxylation is 1. The summed E-state index contributed by atoms with van der Waals surface area (Å²) in [4.78, 5) is 34.6. The van der Waals surface area contributed by atoms with Crippen molar-refractivity contribution in [3.05, 3.63) is 77.6 Å². The molecule has 3 N–H and O–H groups in total. The van der Waals surface area contributed by atoms with Crippen LogP contribution >= 0.6 is 0 Å². The minimum absolute atomic E-state index is 0.0768. The molecule has 2 amide bonds. The number of anilines is 1. The normalized spacial score (nSPS) is 15.0. The Morgan fingerprint density at radius 1 is 1.25 bits per heavy atom. The summed E-state index contributed by atoms with van der Waals surface area (Å²) in [5.74, 6) is -1.92. The van der Waals surface area contributed by atoms with Gasteiger partial charge in [0.15, 0.2) is 0 Å². The van der Waals surface area contributed by atoms with E-state index in [9.17, 15) is 14.0 Å². The molecule has 1 atom stereocenters. The zero-order chi connectivity index (χ0) is 22.7. The Bertz CT molecular complexity index is 1150. The molecule has 1 aliphatic carbocycles. The molecule has 0 spiro atoms. The predicted molar refractivity (Wildman–Crippen MR) is 119 cm³/mol. The minimum atomic E-state index is -0.776. The van der Waals surface area contributed by atoms with Crippen LogP contribution in [0.5, 0.6) is 0 Å². The maximum Gasteiger partial charge on any atom is 0.313 e. The number of pyridine rings is 2. The first-order valence-electron chi connectivity index (χ1n) is 10.4. The topological polar surface area (TPSA) is 101 Å². The van der Waals surface area contributed by atoms with Gasteiger partial charge in [-0.25, -0.2) is 4.39 Å². The fourth-order valence-electron chi connectivity index (χ4n) is 3.83. The van der Waals surface area contributed by atoms with Crippen molar-refractivity contribution in [1.29, 1.82) is 0 Å². The third-order valence-corrected chi connectivity index (χ3v) is 5.52. The number of rotatable bonds is 4. The molecule has 0 fully saturated rings. The molecule has 0 radical (unpaired) electrons. The van der Waals surface area contributed by atoms with E-state index in [0.29, 0.717) is 28.8 Å². The third kappa shape index (κ3) is 4.81. The summed E-state index contributed by atoms with van der Waals surface area (Å²) in [7, 11) is 1.50. The van der Waals surface area contributed by atoms with Crippen molar-refractivity contribution in [3.63, 3.8) is 0 Å². The molecule has 8 heteroatoms. The molecule has 0 aliphatic heterocycles. The summed E-state index contributed by atoms with van der Waals surface area (Å²) in [5, 5.41) is 2.60. The summed E-state index contributed by atoms with van der Waals surface area (Å²) in [6.07, 6.45) is 7.15. The molecule has 2 aromatic heterocycles. The standard InChI is InChI=1S/C24H24FN5O2/c1-30(14-15-4-6-20(21(25)9-15)16-3-2-8-27-12-16)24(32)23(31)29-19-11-17-10-18(26)5-7-22(17)28-13-19/h2-4,6,8-9,11-13,18H,5,7,10,14,26H2,1H3,(H,29,31). The summed E-state index contributed by atoms with van der Waals surface area (Å²) in [5.41, 5.74) is 10.1. The van der Waals surface area contributed by atoms with Gasteiger partial charge in [-0.2, -0.15) is 0 Å². The van der Waals surface area contributed by atoms with E-state index < -0.39 is 17.6 Å². The molecule has 1 unspecified atom stereocenters. The molecule has 2 heterocycles. The number of carbonyl (C=O) groups excluding carboxylic acids is 2. The number of halogens is 1. The molecule has 32 heavy (non-hydrogen) atoms. The van der Waals surface area contributed by atoms with Gasteiger partial charge in [0.25, 0.3) is 0 Å². The van der Waals surface area contributed by atoms with Gasteiger partial charge in [0.1, 0.15) is 5.82 Å². The lowest BCUT2D eigenvalue weighted by Crippen LogP contribution is -2.36. The van der Waals surface area contributed by atoms with Crippen LogP contribution in [0.25, 0.3) is 11.1 Å². The molecule has 0 saturated heterocycles. The fourth-order valence-corrected chi connectivity index (χ4v) is 3.83. The van der Waals surface area contributed by atoms with Crippen LogP contribution in [0.4, 0.5) is 10.1 Å². The summed E-state index contributed by atoms with van der Waals surface area (Å²) >= 11 is 0. The number of fused-ring (bicyclic) bond motifs is 1. The van der Waals surface area contributed by atoms with Crippen LogP contribution < -0.4 is 11.1 Å². The minimum Gasteiger partial charge on any atom is -0.333 e. The van der Waals surface area contributed by atoms with Gasteiger partial charge < -0.3 is 16.0 Å². The zero-order valence-corrected chi connectivity index (χ0v) is 17.7. The number of amides is 2. The molecule has 3 aromatic rings. The van der Waals surface area contributed by atoms with E-state index in [0.717, 1.165) is 24.1 Å². The van der Waals surface area contributed by atoms with Gasteiger partial charge in [0.2, 0.25) is 0 Å². The van der Waals surface area contributed by atoms with Crippen LogP contribution in [-0.4, -0.2) is 39.8 Å². The SMILES string of the molecule is CN(Cc1ccc(-c2cccnc2)c(F)c1)C(=O)C(=O)Nc1cnc2c(c1)CC(N)CC2. The lowest BCUT2D eigenvalue weighted by Gasteiger charge is -2.21. The lowest BCUT2D eigenvalue weighted by molar-refractivity contribution is -0.142. The molecular weight excluding hydrogens is 409 g/mol. The Labute approximate surface area is 185 Å². The molecular formula is C24H24FN5O2. The Hall–Kier alpha value is -3.65. The van der Waals surface area contributed by atoms with E-state index >= 15 is 0 Å². The highest BCUT2D eigenvalue weighted by Gasteiger charge is 2.21. The second-order valence-electron chi connectivity index (χ2n) is 8.00. The Morgan fingerprint density at radius 3 is 2.84 bits per heavy atom. The monoisotopic (exact) mass is 433 g/mol. The van der Waals surface area contributed by atoms with Crippen molar-refractivity contribution in [2.45, 2.75) is 31.8 Å². The van der Waals surface area contributed by atoms with E-state index in [4.69, 9.17) is 5.73 Å². The van der Waals surface area contributed by atoms with E-state index in [1.165, 1.54) is 18.0 Å². The van der Waals surface area contributed by atoms with Crippen LogP contribution in [0, 0.1) is 5.82 Å². The van der Waals surface area contributed by atoms with Crippen LogP contribution in [-0.2, 0) is 29.0 Å². The van der Waals surface area contributed by atoms with Crippen LogP contribution in [0.15, 0.2) is 55.0 Å². The average molecular weight is 433 g/mol. The van der Waals surface area contributed by atoms with Crippen LogP contribution in [0.1, 0.15) is 23.2 Å². The smallest absolute Gasteiger partial charge is 0.313 e. The number of nitrogens with zero attached hydrogens (tertiary/aromatic N) is 3. The van der Waals surface area contributed by atoms with Gasteiger partial charge in [-0.15, -0.1) is 0 Å². The van der Waals surface area contributed by atoms with Gasteiger partial charge in [-0.1, -0.05) is 18.2 Å². The second-order valence-corrected chi connectivity index (χ2v) is 8.00. The van der Waals surface area contributed by atoms with Crippen LogP contribution in [0.2, 0.25) is 0 Å². The molecule has 1 aromatic carbocycles. The van der Waals surface area contributed by atoms with E-state index in [1.807, 2.05) is 6.07 Å². The number of carbonyl (C=O) groups is 2. The summed E-state index contributed by atoms with van der Waals surface area (Å²) in [6.45, 7) is 0.0911. The van der Waals surface area contributed by atoms with Gasteiger partial charge >= 0.3 is 11.8 Å². The van der Waals surface area contributed by atoms with Crippen molar-refractivity contribution in [3.8, 4) is 11.1 Å². The molecule has 0 bridgehead atoms. The first-order valence-corrected chi connectivity index (χ1v) is 10.4. The number of nitrogens with two attached hydrogens (primary N) is 1. The third-order valence-electron chi connectivity index (χ3n) is 5.52. The highest BCUT2D eigenvalue weighted by molar-refractivity contribution is 6.39. The van der Waals surface area contributed by atoms with Crippen LogP contribution in [0.3, 0.4) is 0 Å². The van der Waals surface area contributed by atoms with Crippen molar-refractivity contribution < 1.29 is 14.0 Å². The van der Waals surface area contributed by atoms with Gasteiger partial charge in [-0.05, 0) is 48.6 Å². The second kappa shape index (κ2) is 9.23. The van der Waals surface area contributed by atoms with E-state index in [1.54, 1.807) is 42.9 Å². The molecule has 4 rings (SSSR count). The molecule has 1 aliphatic rings. The average Bonchev–Trinajstić information content (AvgIpc) is 2.79. The number of likely N-dealkylation sites (N-methyl/N-ethyl adjacent to an activating group) is 1.